The summed E-state index contributed by atoms with van der Waals surface area (Å²) in [5, 5.41) is 26.3. The summed E-state index contributed by atoms with van der Waals surface area (Å²) >= 11 is 0. The summed E-state index contributed by atoms with van der Waals surface area (Å²) in [5.74, 6) is -6.68. The highest BCUT2D eigenvalue weighted by Crippen LogP contribution is 2.26. The SMILES string of the molecule is CCCC(NC(=O)C1C[C@@H](OC(=O)N2CCc3ccccc3C2)CN1C(=O)[C@@H](NC(=O)[C@H](O)C(C)C)C(C)C)C(=O)C(=O)NCC(=O)O. The molecule has 1 aromatic carbocycles. The van der Waals surface area contributed by atoms with Crippen molar-refractivity contribution < 1.29 is 48.5 Å². The summed E-state index contributed by atoms with van der Waals surface area (Å²) in [6.07, 6.45) is -1.97. The molecule has 0 bridgehead atoms. The third kappa shape index (κ3) is 9.75. The van der Waals surface area contributed by atoms with E-state index < -0.39 is 90.2 Å². The largest absolute Gasteiger partial charge is 0.480 e. The number of fused-ring (bicyclic) bond motifs is 1. The Bertz CT molecular complexity index is 1380. The number of ether oxygens (including phenoxy) is 1. The second-order valence-corrected chi connectivity index (χ2v) is 12.9. The number of hydrogen-bond donors (Lipinski definition) is 5. The van der Waals surface area contributed by atoms with E-state index in [2.05, 4.69) is 10.6 Å². The van der Waals surface area contributed by atoms with Crippen molar-refractivity contribution in [3.8, 4) is 0 Å². The van der Waals surface area contributed by atoms with Crippen LogP contribution < -0.4 is 16.0 Å². The third-order valence-electron chi connectivity index (χ3n) is 8.47. The fourth-order valence-electron chi connectivity index (χ4n) is 5.70. The van der Waals surface area contributed by atoms with Crippen LogP contribution in [0.1, 0.15) is 65.0 Å². The summed E-state index contributed by atoms with van der Waals surface area (Å²) in [5.41, 5.74) is 2.12. The van der Waals surface area contributed by atoms with Crippen LogP contribution >= 0.6 is 0 Å². The Kier molecular flexibility index (Phi) is 13.5. The van der Waals surface area contributed by atoms with Gasteiger partial charge in [-0.2, -0.15) is 0 Å². The van der Waals surface area contributed by atoms with E-state index in [1.165, 1.54) is 9.80 Å². The van der Waals surface area contributed by atoms with Crippen molar-refractivity contribution in [1.29, 1.82) is 0 Å². The van der Waals surface area contributed by atoms with Crippen LogP contribution in [-0.2, 0) is 46.5 Å². The lowest BCUT2D eigenvalue weighted by atomic mass is 10.00. The second kappa shape index (κ2) is 17.0. The molecule has 15 heteroatoms. The molecular weight excluding hydrogens is 626 g/mol. The van der Waals surface area contributed by atoms with Crippen LogP contribution in [0.15, 0.2) is 24.3 Å². The molecule has 3 rings (SSSR count). The van der Waals surface area contributed by atoms with Crippen molar-refractivity contribution in [1.82, 2.24) is 25.8 Å². The number of carboxylic acids is 1. The molecule has 0 aliphatic carbocycles. The molecule has 1 aromatic rings. The second-order valence-electron chi connectivity index (χ2n) is 12.9. The fourth-order valence-corrected chi connectivity index (χ4v) is 5.70. The van der Waals surface area contributed by atoms with Gasteiger partial charge in [0, 0.05) is 19.5 Å². The number of aliphatic hydroxyl groups is 1. The van der Waals surface area contributed by atoms with E-state index in [0.29, 0.717) is 25.9 Å². The van der Waals surface area contributed by atoms with E-state index in [1.807, 2.05) is 29.6 Å². The number of ketones is 1. The van der Waals surface area contributed by atoms with Crippen LogP contribution in [0.4, 0.5) is 4.79 Å². The number of hydrogen-bond acceptors (Lipinski definition) is 9. The Balaban J connectivity index is 1.84. The number of benzene rings is 1. The first-order chi connectivity index (χ1) is 22.6. The van der Waals surface area contributed by atoms with Gasteiger partial charge >= 0.3 is 12.1 Å². The lowest BCUT2D eigenvalue weighted by molar-refractivity contribution is -0.145. The number of nitrogens with one attached hydrogen (secondary N) is 3. The number of amides is 5. The number of nitrogens with zero attached hydrogens (tertiary/aromatic N) is 2. The first kappa shape index (κ1) is 37.9. The number of likely N-dealkylation sites (tertiary alicyclic amines) is 1. The normalized spacial score (nSPS) is 19.2. The summed E-state index contributed by atoms with van der Waals surface area (Å²) in [4.78, 5) is 92.6. The van der Waals surface area contributed by atoms with Gasteiger partial charge in [-0.3, -0.25) is 28.8 Å². The smallest absolute Gasteiger partial charge is 0.410 e. The maximum atomic E-state index is 14.0. The summed E-state index contributed by atoms with van der Waals surface area (Å²) in [6, 6.07) is 4.03. The molecular formula is C33H47N5O10. The maximum absolute atomic E-state index is 14.0. The number of carboxylic acid groups (broad SMARTS) is 1. The van der Waals surface area contributed by atoms with Crippen molar-refractivity contribution in [2.45, 2.75) is 97.2 Å². The highest BCUT2D eigenvalue weighted by molar-refractivity contribution is 6.38. The Hall–Kier alpha value is -4.53. The quantitative estimate of drug-likeness (QED) is 0.171. The molecule has 264 valence electrons. The molecule has 5 amide bonds. The average molecular weight is 674 g/mol. The average Bonchev–Trinajstić information content (AvgIpc) is 3.48. The maximum Gasteiger partial charge on any atom is 0.410 e. The highest BCUT2D eigenvalue weighted by Gasteiger charge is 2.45. The van der Waals surface area contributed by atoms with Crippen molar-refractivity contribution in [3.63, 3.8) is 0 Å². The van der Waals surface area contributed by atoms with Crippen molar-refractivity contribution >= 4 is 41.5 Å². The molecule has 15 nitrogen and oxygen atoms in total. The monoisotopic (exact) mass is 673 g/mol. The minimum atomic E-state index is -1.38. The number of Topliss-reactive ketones (excluding diaryl/α,β-unsaturated/α-hetero) is 1. The van der Waals surface area contributed by atoms with Crippen LogP contribution in [0.5, 0.6) is 0 Å². The minimum Gasteiger partial charge on any atom is -0.480 e. The van der Waals surface area contributed by atoms with Crippen molar-refractivity contribution in [2.24, 2.45) is 11.8 Å². The summed E-state index contributed by atoms with van der Waals surface area (Å²) in [7, 11) is 0. The third-order valence-corrected chi connectivity index (χ3v) is 8.47. The minimum absolute atomic E-state index is 0.0539. The van der Waals surface area contributed by atoms with Crippen molar-refractivity contribution in [3.05, 3.63) is 35.4 Å². The van der Waals surface area contributed by atoms with Crippen molar-refractivity contribution in [2.75, 3.05) is 19.6 Å². The molecule has 48 heavy (non-hydrogen) atoms. The first-order valence-corrected chi connectivity index (χ1v) is 16.3. The number of carbonyl (C=O) groups is 7. The number of carbonyl (C=O) groups excluding carboxylic acids is 6. The zero-order chi connectivity index (χ0) is 35.7. The Morgan fingerprint density at radius 1 is 0.979 bits per heavy atom. The predicted octanol–water partition coefficient (Wildman–Crippen LogP) is 0.363. The van der Waals surface area contributed by atoms with Gasteiger partial charge in [-0.1, -0.05) is 65.3 Å². The Morgan fingerprint density at radius 2 is 1.65 bits per heavy atom. The van der Waals surface area contributed by atoms with Crippen LogP contribution in [-0.4, -0.2) is 111 Å². The molecule has 2 aliphatic heterocycles. The topological polar surface area (TPSA) is 212 Å². The van der Waals surface area contributed by atoms with Crippen LogP contribution in [0.3, 0.4) is 0 Å². The number of rotatable bonds is 14. The molecule has 2 aliphatic rings. The molecule has 5 atom stereocenters. The van der Waals surface area contributed by atoms with E-state index in [4.69, 9.17) is 9.84 Å². The Labute approximate surface area is 279 Å². The van der Waals surface area contributed by atoms with Gasteiger partial charge in [0.15, 0.2) is 0 Å². The van der Waals surface area contributed by atoms with E-state index in [-0.39, 0.29) is 19.4 Å². The van der Waals surface area contributed by atoms with Crippen LogP contribution in [0.2, 0.25) is 0 Å². The van der Waals surface area contributed by atoms with Gasteiger partial charge in [0.25, 0.3) is 5.91 Å². The van der Waals surface area contributed by atoms with Gasteiger partial charge in [0.2, 0.25) is 23.5 Å². The molecule has 1 saturated heterocycles. The molecule has 5 N–H and O–H groups in total. The first-order valence-electron chi connectivity index (χ1n) is 16.3. The van der Waals surface area contributed by atoms with Gasteiger partial charge in [-0.25, -0.2) is 4.79 Å². The van der Waals surface area contributed by atoms with Gasteiger partial charge in [-0.05, 0) is 35.8 Å². The molecule has 0 radical (unpaired) electrons. The summed E-state index contributed by atoms with van der Waals surface area (Å²) in [6.45, 7) is 8.16. The summed E-state index contributed by atoms with van der Waals surface area (Å²) < 4.78 is 5.81. The zero-order valence-corrected chi connectivity index (χ0v) is 28.1. The number of aliphatic hydroxyl groups excluding tert-OH is 1. The van der Waals surface area contributed by atoms with E-state index >= 15 is 0 Å². The van der Waals surface area contributed by atoms with Gasteiger partial charge < -0.3 is 40.7 Å². The zero-order valence-electron chi connectivity index (χ0n) is 28.1. The van der Waals surface area contributed by atoms with Crippen LogP contribution in [0.25, 0.3) is 0 Å². The fraction of sp³-hybridized carbons (Fsp3) is 0.606. The lowest BCUT2D eigenvalue weighted by Crippen LogP contribution is -2.58. The molecule has 1 fully saturated rings. The lowest BCUT2D eigenvalue weighted by Gasteiger charge is -2.31. The molecule has 2 heterocycles. The predicted molar refractivity (Wildman–Crippen MR) is 171 cm³/mol. The molecule has 0 spiro atoms. The van der Waals surface area contributed by atoms with Gasteiger partial charge in [0.1, 0.15) is 30.8 Å². The van der Waals surface area contributed by atoms with E-state index in [1.54, 1.807) is 34.6 Å². The Morgan fingerprint density at radius 3 is 2.25 bits per heavy atom. The highest BCUT2D eigenvalue weighted by atomic mass is 16.6. The standard InChI is InChI=1S/C33H47N5O10/c1-6-9-23(28(42)30(44)34-15-25(39)40)35-29(43)24-14-22(48-33(47)37-13-12-20-10-7-8-11-21(20)16-37)17-38(24)32(46)26(18(2)3)36-31(45)27(41)19(4)5/h7-8,10-11,18-19,22-24,26-27,41H,6,9,12-17H2,1-5H3,(H,34,44)(H,35,43)(H,36,45)(H,39,40)/t22-,23?,24?,26+,27-/m1/s1. The number of aliphatic carboxylic acids is 1. The van der Waals surface area contributed by atoms with Gasteiger partial charge in [-0.15, -0.1) is 0 Å². The van der Waals surface area contributed by atoms with E-state index in [9.17, 15) is 38.7 Å². The van der Waals surface area contributed by atoms with Gasteiger partial charge in [0.05, 0.1) is 12.6 Å². The van der Waals surface area contributed by atoms with E-state index in [0.717, 1.165) is 11.1 Å². The molecule has 0 aromatic heterocycles. The molecule has 2 unspecified atom stereocenters. The van der Waals surface area contributed by atoms with Crippen LogP contribution in [0, 0.1) is 11.8 Å². The molecule has 0 saturated carbocycles.